The van der Waals surface area contributed by atoms with Crippen LogP contribution >= 0.6 is 0 Å². The lowest BCUT2D eigenvalue weighted by Crippen LogP contribution is -1.99. The van der Waals surface area contributed by atoms with Gasteiger partial charge in [-0.2, -0.15) is 0 Å². The molecule has 3 N–H and O–H groups in total. The van der Waals surface area contributed by atoms with E-state index in [2.05, 4.69) is 10.3 Å². The first kappa shape index (κ1) is 11.4. The number of nitrogens with zero attached hydrogens (tertiary/aromatic N) is 1. The zero-order valence-corrected chi connectivity index (χ0v) is 9.68. The maximum atomic E-state index is 5.59. The summed E-state index contributed by atoms with van der Waals surface area (Å²) in [6.07, 6.45) is 1.63. The number of hydrogen-bond acceptors (Lipinski definition) is 4. The van der Waals surface area contributed by atoms with Crippen molar-refractivity contribution in [2.75, 3.05) is 18.2 Å². The highest BCUT2D eigenvalue weighted by Gasteiger charge is 2.02. The van der Waals surface area contributed by atoms with Gasteiger partial charge in [-0.05, 0) is 18.2 Å². The van der Waals surface area contributed by atoms with Crippen LogP contribution in [0.1, 0.15) is 5.56 Å². The molecule has 4 heteroatoms. The summed E-state index contributed by atoms with van der Waals surface area (Å²) in [4.78, 5) is 4.20. The molecule has 0 unspecified atom stereocenters. The topological polar surface area (TPSA) is 60.2 Å². The molecule has 2 aromatic rings. The van der Waals surface area contributed by atoms with Gasteiger partial charge < -0.3 is 15.8 Å². The fourth-order valence-corrected chi connectivity index (χ4v) is 1.54. The van der Waals surface area contributed by atoms with Gasteiger partial charge in [0.15, 0.2) is 0 Å². The number of methoxy groups -OCH3 is 1. The highest BCUT2D eigenvalue weighted by molar-refractivity contribution is 5.61. The zero-order valence-electron chi connectivity index (χ0n) is 9.68. The molecule has 17 heavy (non-hydrogen) atoms. The highest BCUT2D eigenvalue weighted by atomic mass is 16.5. The van der Waals surface area contributed by atoms with Crippen molar-refractivity contribution in [2.45, 2.75) is 6.61 Å². The van der Waals surface area contributed by atoms with Crippen LogP contribution in [0.2, 0.25) is 0 Å². The maximum absolute atomic E-state index is 5.59. The van der Waals surface area contributed by atoms with Gasteiger partial charge in [0.25, 0.3) is 0 Å². The molecule has 0 aliphatic rings. The Morgan fingerprint density at radius 2 is 2.06 bits per heavy atom. The molecule has 0 bridgehead atoms. The van der Waals surface area contributed by atoms with E-state index < -0.39 is 0 Å². The molecule has 2 rings (SSSR count). The lowest BCUT2D eigenvalue weighted by Gasteiger charge is -2.10. The molecular weight excluding hydrogens is 214 g/mol. The van der Waals surface area contributed by atoms with Crippen LogP contribution in [0.15, 0.2) is 42.6 Å². The molecule has 0 atom stereocenters. The Balaban J connectivity index is 2.20. The number of nitrogens with two attached hydrogens (primary N) is 1. The van der Waals surface area contributed by atoms with E-state index in [-0.39, 0.29) is 0 Å². The molecule has 0 aliphatic carbocycles. The van der Waals surface area contributed by atoms with Crippen molar-refractivity contribution >= 4 is 17.2 Å². The van der Waals surface area contributed by atoms with E-state index >= 15 is 0 Å². The molecule has 1 aromatic carbocycles. The Bertz CT molecular complexity index is 482. The van der Waals surface area contributed by atoms with Gasteiger partial charge in [-0.15, -0.1) is 0 Å². The van der Waals surface area contributed by atoms with Gasteiger partial charge in [-0.1, -0.05) is 18.2 Å². The predicted molar refractivity (Wildman–Crippen MR) is 69.1 cm³/mol. The summed E-state index contributed by atoms with van der Waals surface area (Å²) < 4.78 is 5.14. The molecule has 0 saturated heterocycles. The van der Waals surface area contributed by atoms with Crippen LogP contribution in [-0.2, 0) is 11.3 Å². The van der Waals surface area contributed by atoms with E-state index in [1.165, 1.54) is 0 Å². The number of hydrogen-bond donors (Lipinski definition) is 2. The van der Waals surface area contributed by atoms with Crippen LogP contribution in [0.3, 0.4) is 0 Å². The van der Waals surface area contributed by atoms with Crippen LogP contribution in [0, 0.1) is 0 Å². The molecule has 0 radical (unpaired) electrons. The molecule has 0 saturated carbocycles. The van der Waals surface area contributed by atoms with Gasteiger partial charge in [0, 0.05) is 18.4 Å². The van der Waals surface area contributed by atoms with Gasteiger partial charge in [-0.25, -0.2) is 4.98 Å². The molecule has 88 valence electrons. The smallest absolute Gasteiger partial charge is 0.130 e. The van der Waals surface area contributed by atoms with E-state index in [9.17, 15) is 0 Å². The van der Waals surface area contributed by atoms with Crippen molar-refractivity contribution in [3.63, 3.8) is 0 Å². The maximum Gasteiger partial charge on any atom is 0.130 e. The summed E-state index contributed by atoms with van der Waals surface area (Å²) in [6.45, 7) is 0.568. The zero-order chi connectivity index (χ0) is 12.1. The number of ether oxygens (including phenoxy) is 1. The average molecular weight is 229 g/mol. The Hall–Kier alpha value is -2.07. The first-order valence-corrected chi connectivity index (χ1v) is 5.35. The van der Waals surface area contributed by atoms with E-state index in [1.54, 1.807) is 13.3 Å². The normalized spacial score (nSPS) is 10.2. The number of para-hydroxylation sites is 1. The van der Waals surface area contributed by atoms with Crippen molar-refractivity contribution in [2.24, 2.45) is 0 Å². The second kappa shape index (κ2) is 5.32. The molecule has 0 amide bonds. The highest BCUT2D eigenvalue weighted by Crippen LogP contribution is 2.20. The first-order chi connectivity index (χ1) is 8.29. The van der Waals surface area contributed by atoms with Crippen LogP contribution in [0.5, 0.6) is 0 Å². The fourth-order valence-electron chi connectivity index (χ4n) is 1.54. The minimum absolute atomic E-state index is 0.568. The van der Waals surface area contributed by atoms with Crippen LogP contribution in [-0.4, -0.2) is 12.1 Å². The molecule has 4 nitrogen and oxygen atoms in total. The summed E-state index contributed by atoms with van der Waals surface area (Å²) in [5.41, 5.74) is 8.32. The average Bonchev–Trinajstić information content (AvgIpc) is 2.35. The fraction of sp³-hybridized carbons (Fsp3) is 0.154. The largest absolute Gasteiger partial charge is 0.397 e. The molecular formula is C13H15N3O. The Labute approximate surface area is 100 Å². The third-order valence-corrected chi connectivity index (χ3v) is 2.37. The molecule has 1 heterocycles. The van der Waals surface area contributed by atoms with E-state index in [4.69, 9.17) is 10.5 Å². The number of rotatable bonds is 4. The monoisotopic (exact) mass is 229 g/mol. The number of benzene rings is 1. The molecule has 0 aliphatic heterocycles. The summed E-state index contributed by atoms with van der Waals surface area (Å²) in [7, 11) is 1.68. The van der Waals surface area contributed by atoms with Gasteiger partial charge >= 0.3 is 0 Å². The van der Waals surface area contributed by atoms with Crippen LogP contribution < -0.4 is 11.1 Å². The lowest BCUT2D eigenvalue weighted by molar-refractivity contribution is 0.185. The quantitative estimate of drug-likeness (QED) is 0.845. The summed E-state index contributed by atoms with van der Waals surface area (Å²) in [6, 6.07) is 11.6. The Morgan fingerprint density at radius 1 is 1.24 bits per heavy atom. The first-order valence-electron chi connectivity index (χ1n) is 5.35. The third kappa shape index (κ3) is 2.95. The van der Waals surface area contributed by atoms with Gasteiger partial charge in [0.1, 0.15) is 5.82 Å². The summed E-state index contributed by atoms with van der Waals surface area (Å²) in [5, 5.41) is 3.24. The van der Waals surface area contributed by atoms with Gasteiger partial charge in [0.05, 0.1) is 18.5 Å². The number of nitrogens with one attached hydrogen (secondary N) is 1. The molecule has 0 spiro atoms. The number of nitrogen functional groups attached to an aromatic ring is 1. The Kier molecular flexibility index (Phi) is 3.57. The number of aromatic nitrogens is 1. The predicted octanol–water partition coefficient (Wildman–Crippen LogP) is 2.55. The lowest BCUT2D eigenvalue weighted by atomic mass is 10.2. The summed E-state index contributed by atoms with van der Waals surface area (Å²) in [5.74, 6) is 0.766. The van der Waals surface area contributed by atoms with Gasteiger partial charge in [0.2, 0.25) is 0 Å². The van der Waals surface area contributed by atoms with Crippen molar-refractivity contribution < 1.29 is 4.74 Å². The van der Waals surface area contributed by atoms with E-state index in [0.717, 1.165) is 17.1 Å². The summed E-state index contributed by atoms with van der Waals surface area (Å²) >= 11 is 0. The van der Waals surface area contributed by atoms with Crippen molar-refractivity contribution in [3.05, 3.63) is 48.2 Å². The second-order valence-electron chi connectivity index (χ2n) is 3.69. The van der Waals surface area contributed by atoms with Crippen LogP contribution in [0.4, 0.5) is 17.2 Å². The molecule has 1 aromatic heterocycles. The second-order valence-corrected chi connectivity index (χ2v) is 3.69. The van der Waals surface area contributed by atoms with Crippen molar-refractivity contribution in [1.82, 2.24) is 4.98 Å². The van der Waals surface area contributed by atoms with Crippen molar-refractivity contribution in [3.8, 4) is 0 Å². The minimum Gasteiger partial charge on any atom is -0.397 e. The van der Waals surface area contributed by atoms with E-state index in [1.807, 2.05) is 36.4 Å². The van der Waals surface area contributed by atoms with E-state index in [0.29, 0.717) is 12.3 Å². The molecule has 0 fully saturated rings. The minimum atomic E-state index is 0.568. The number of anilines is 3. The van der Waals surface area contributed by atoms with Crippen molar-refractivity contribution in [1.29, 1.82) is 0 Å². The van der Waals surface area contributed by atoms with Crippen LogP contribution in [0.25, 0.3) is 0 Å². The standard InChI is InChI=1S/C13H15N3O/c1-17-9-10-4-2-3-5-12(10)16-13-7-6-11(14)8-15-13/h2-8H,9,14H2,1H3,(H,15,16). The SMILES string of the molecule is COCc1ccccc1Nc1ccc(N)cn1. The third-order valence-electron chi connectivity index (χ3n) is 2.37. The number of pyridine rings is 1. The van der Waals surface area contributed by atoms with Gasteiger partial charge in [-0.3, -0.25) is 0 Å². The Morgan fingerprint density at radius 3 is 2.76 bits per heavy atom.